The van der Waals surface area contributed by atoms with Crippen LogP contribution in [0.25, 0.3) is 0 Å². The Bertz CT molecular complexity index is 308. The Morgan fingerprint density at radius 1 is 1.31 bits per heavy atom. The van der Waals surface area contributed by atoms with E-state index < -0.39 is 12.5 Å². The van der Waals surface area contributed by atoms with E-state index in [-0.39, 0.29) is 5.56 Å². The van der Waals surface area contributed by atoms with E-state index in [0.717, 1.165) is 5.56 Å². The zero-order chi connectivity index (χ0) is 10.1. The first-order chi connectivity index (χ1) is 5.97. The highest BCUT2D eigenvalue weighted by molar-refractivity contribution is 5.33. The van der Waals surface area contributed by atoms with Crippen LogP contribution in [0, 0.1) is 13.8 Å². The molecular weight excluding hydrogens is 172 g/mol. The Hall–Kier alpha value is -0.960. The Kier molecular flexibility index (Phi) is 2.66. The summed E-state index contributed by atoms with van der Waals surface area (Å²) < 4.78 is 26.4. The number of halogens is 2. The van der Waals surface area contributed by atoms with E-state index in [1.807, 2.05) is 6.07 Å². The van der Waals surface area contributed by atoms with E-state index in [0.29, 0.717) is 5.56 Å². The van der Waals surface area contributed by atoms with Crippen LogP contribution in [-0.2, 0) is 5.92 Å². The van der Waals surface area contributed by atoms with Crippen molar-refractivity contribution in [1.82, 2.24) is 0 Å². The van der Waals surface area contributed by atoms with Gasteiger partial charge in [0.25, 0.3) is 5.92 Å². The van der Waals surface area contributed by atoms with Crippen molar-refractivity contribution in [3.8, 4) is 0 Å². The zero-order valence-electron chi connectivity index (χ0n) is 7.77. The van der Waals surface area contributed by atoms with Gasteiger partial charge in [-0.2, -0.15) is 8.78 Å². The molecule has 0 aliphatic rings. The molecule has 0 bridgehead atoms. The average Bonchev–Trinajstić information content (AvgIpc) is 2.09. The van der Waals surface area contributed by atoms with Crippen LogP contribution < -0.4 is 5.73 Å². The number of hydrogen-bond acceptors (Lipinski definition) is 1. The largest absolute Gasteiger partial charge is 0.325 e. The van der Waals surface area contributed by atoms with Crippen LogP contribution in [0.2, 0.25) is 0 Å². The van der Waals surface area contributed by atoms with E-state index in [4.69, 9.17) is 5.73 Å². The third-order valence-electron chi connectivity index (χ3n) is 2.04. The Morgan fingerprint density at radius 3 is 2.46 bits per heavy atom. The zero-order valence-corrected chi connectivity index (χ0v) is 7.77. The molecule has 0 radical (unpaired) electrons. The van der Waals surface area contributed by atoms with Crippen LogP contribution in [-0.4, -0.2) is 6.54 Å². The number of alkyl halides is 2. The van der Waals surface area contributed by atoms with Gasteiger partial charge in [0.05, 0.1) is 6.54 Å². The van der Waals surface area contributed by atoms with Gasteiger partial charge in [0.2, 0.25) is 0 Å². The highest BCUT2D eigenvalue weighted by atomic mass is 19.3. The third kappa shape index (κ3) is 2.04. The summed E-state index contributed by atoms with van der Waals surface area (Å²) in [6, 6.07) is 4.99. The molecule has 1 aromatic rings. The third-order valence-corrected chi connectivity index (χ3v) is 2.04. The fourth-order valence-corrected chi connectivity index (χ4v) is 1.24. The molecule has 0 saturated carbocycles. The molecule has 72 valence electrons. The summed E-state index contributed by atoms with van der Waals surface area (Å²) in [5.41, 5.74) is 6.46. The molecule has 0 aromatic heterocycles. The number of aryl methyl sites for hydroxylation is 2. The van der Waals surface area contributed by atoms with Gasteiger partial charge in [-0.05, 0) is 25.5 Å². The molecule has 0 aliphatic heterocycles. The molecule has 1 rings (SSSR count). The van der Waals surface area contributed by atoms with Gasteiger partial charge in [-0.15, -0.1) is 0 Å². The minimum absolute atomic E-state index is 0.0370. The summed E-state index contributed by atoms with van der Waals surface area (Å²) in [7, 11) is 0. The quantitative estimate of drug-likeness (QED) is 0.752. The van der Waals surface area contributed by atoms with Gasteiger partial charge in [0.1, 0.15) is 0 Å². The first-order valence-electron chi connectivity index (χ1n) is 4.13. The maximum atomic E-state index is 13.2. The topological polar surface area (TPSA) is 26.0 Å². The van der Waals surface area contributed by atoms with Crippen molar-refractivity contribution in [3.05, 3.63) is 34.9 Å². The van der Waals surface area contributed by atoms with Crippen molar-refractivity contribution in [1.29, 1.82) is 0 Å². The predicted octanol–water partition coefficient (Wildman–Crippen LogP) is 2.35. The summed E-state index contributed by atoms with van der Waals surface area (Å²) in [5, 5.41) is 0. The van der Waals surface area contributed by atoms with Gasteiger partial charge in [-0.1, -0.05) is 17.7 Å². The van der Waals surface area contributed by atoms with Crippen molar-refractivity contribution in [2.24, 2.45) is 5.73 Å². The van der Waals surface area contributed by atoms with Crippen molar-refractivity contribution >= 4 is 0 Å². The maximum absolute atomic E-state index is 13.2. The summed E-state index contributed by atoms with van der Waals surface area (Å²) in [5.74, 6) is -2.91. The standard InChI is InChI=1S/C10H13F2N/c1-7-3-4-8(2)9(5-7)10(11,12)6-13/h3-5H,6,13H2,1-2H3. The van der Waals surface area contributed by atoms with Crippen LogP contribution in [0.5, 0.6) is 0 Å². The van der Waals surface area contributed by atoms with E-state index in [1.165, 1.54) is 6.07 Å². The highest BCUT2D eigenvalue weighted by Crippen LogP contribution is 2.29. The fraction of sp³-hybridized carbons (Fsp3) is 0.400. The molecule has 0 amide bonds. The SMILES string of the molecule is Cc1ccc(C)c(C(F)(F)CN)c1. The number of benzene rings is 1. The van der Waals surface area contributed by atoms with Crippen LogP contribution in [0.4, 0.5) is 8.78 Å². The summed E-state index contributed by atoms with van der Waals surface area (Å²) in [6.45, 7) is 2.81. The van der Waals surface area contributed by atoms with Crippen LogP contribution >= 0.6 is 0 Å². The Morgan fingerprint density at radius 2 is 1.92 bits per heavy atom. The number of rotatable bonds is 2. The summed E-state index contributed by atoms with van der Waals surface area (Å²) in [6.07, 6.45) is 0. The highest BCUT2D eigenvalue weighted by Gasteiger charge is 2.30. The Labute approximate surface area is 76.6 Å². The van der Waals surface area contributed by atoms with Crippen molar-refractivity contribution < 1.29 is 8.78 Å². The van der Waals surface area contributed by atoms with Crippen LogP contribution in [0.3, 0.4) is 0 Å². The van der Waals surface area contributed by atoms with E-state index in [9.17, 15) is 8.78 Å². The van der Waals surface area contributed by atoms with E-state index in [2.05, 4.69) is 0 Å². The van der Waals surface area contributed by atoms with Gasteiger partial charge in [-0.25, -0.2) is 0 Å². The number of hydrogen-bond donors (Lipinski definition) is 1. The van der Waals surface area contributed by atoms with Gasteiger partial charge in [0.15, 0.2) is 0 Å². The summed E-state index contributed by atoms with van der Waals surface area (Å²) in [4.78, 5) is 0. The molecule has 2 N–H and O–H groups in total. The van der Waals surface area contributed by atoms with Crippen molar-refractivity contribution in [3.63, 3.8) is 0 Å². The predicted molar refractivity (Wildman–Crippen MR) is 48.9 cm³/mol. The minimum atomic E-state index is -2.91. The lowest BCUT2D eigenvalue weighted by molar-refractivity contribution is 0.00527. The molecule has 0 unspecified atom stereocenters. The molecule has 0 heterocycles. The maximum Gasteiger partial charge on any atom is 0.285 e. The first kappa shape index (κ1) is 10.1. The van der Waals surface area contributed by atoms with E-state index >= 15 is 0 Å². The van der Waals surface area contributed by atoms with Gasteiger partial charge in [-0.3, -0.25) is 0 Å². The lowest BCUT2D eigenvalue weighted by atomic mass is 10.0. The molecule has 1 nitrogen and oxygen atoms in total. The lowest BCUT2D eigenvalue weighted by Crippen LogP contribution is -2.26. The first-order valence-corrected chi connectivity index (χ1v) is 4.13. The average molecular weight is 185 g/mol. The van der Waals surface area contributed by atoms with Crippen molar-refractivity contribution in [2.45, 2.75) is 19.8 Å². The molecular formula is C10H13F2N. The van der Waals surface area contributed by atoms with Gasteiger partial charge >= 0.3 is 0 Å². The smallest absolute Gasteiger partial charge is 0.285 e. The second-order valence-electron chi connectivity index (χ2n) is 3.23. The molecule has 0 fully saturated rings. The molecule has 0 saturated heterocycles. The van der Waals surface area contributed by atoms with Crippen molar-refractivity contribution in [2.75, 3.05) is 6.54 Å². The Balaban J connectivity index is 3.20. The normalized spacial score (nSPS) is 11.8. The summed E-state index contributed by atoms with van der Waals surface area (Å²) >= 11 is 0. The van der Waals surface area contributed by atoms with Gasteiger partial charge < -0.3 is 5.73 Å². The second-order valence-corrected chi connectivity index (χ2v) is 3.23. The van der Waals surface area contributed by atoms with Crippen LogP contribution in [0.15, 0.2) is 18.2 Å². The molecule has 0 aliphatic carbocycles. The molecule has 13 heavy (non-hydrogen) atoms. The monoisotopic (exact) mass is 185 g/mol. The molecule has 0 spiro atoms. The van der Waals surface area contributed by atoms with Gasteiger partial charge in [0, 0.05) is 5.56 Å². The lowest BCUT2D eigenvalue weighted by Gasteiger charge is -2.17. The molecule has 3 heteroatoms. The number of nitrogens with two attached hydrogens (primary N) is 1. The fourth-order valence-electron chi connectivity index (χ4n) is 1.24. The van der Waals surface area contributed by atoms with E-state index in [1.54, 1.807) is 19.9 Å². The van der Waals surface area contributed by atoms with Crippen LogP contribution in [0.1, 0.15) is 16.7 Å². The minimum Gasteiger partial charge on any atom is -0.325 e. The molecule has 0 atom stereocenters. The molecule has 1 aromatic carbocycles. The second kappa shape index (κ2) is 3.42.